The highest BCUT2D eigenvalue weighted by Gasteiger charge is 2.52. The molecule has 8 nitrogen and oxygen atoms in total. The largest absolute Gasteiger partial charge is 0.326 e. The predicted molar refractivity (Wildman–Crippen MR) is 113 cm³/mol. The molecule has 1 aliphatic carbocycles. The first kappa shape index (κ1) is 20.8. The molecular formula is C22H31N5O3. The van der Waals surface area contributed by atoms with E-state index in [1.807, 2.05) is 19.1 Å². The Morgan fingerprint density at radius 2 is 1.93 bits per heavy atom. The van der Waals surface area contributed by atoms with E-state index in [0.29, 0.717) is 44.3 Å². The van der Waals surface area contributed by atoms with Crippen molar-refractivity contribution in [2.24, 2.45) is 11.8 Å². The molecule has 1 saturated carbocycles. The van der Waals surface area contributed by atoms with E-state index in [4.69, 9.17) is 0 Å². The van der Waals surface area contributed by atoms with Gasteiger partial charge in [-0.25, -0.2) is 14.7 Å². The summed E-state index contributed by atoms with van der Waals surface area (Å²) in [6, 6.07) is 3.47. The first-order valence-electron chi connectivity index (χ1n) is 11.0. The number of anilines is 1. The van der Waals surface area contributed by atoms with Crippen LogP contribution < -0.4 is 10.6 Å². The van der Waals surface area contributed by atoms with Gasteiger partial charge < -0.3 is 10.6 Å². The van der Waals surface area contributed by atoms with Crippen molar-refractivity contribution < 1.29 is 14.4 Å². The van der Waals surface area contributed by atoms with E-state index < -0.39 is 5.54 Å². The lowest BCUT2D eigenvalue weighted by molar-refractivity contribution is -0.134. The topological polar surface area (TPSA) is 94.6 Å². The number of hydrogen-bond acceptors (Lipinski definition) is 5. The fourth-order valence-corrected chi connectivity index (χ4v) is 4.77. The number of likely N-dealkylation sites (tertiary alicyclic amines) is 1. The monoisotopic (exact) mass is 413 g/mol. The molecule has 1 aromatic rings. The highest BCUT2D eigenvalue weighted by atomic mass is 16.2. The number of urea groups is 1. The molecule has 1 spiro atoms. The van der Waals surface area contributed by atoms with E-state index in [1.54, 1.807) is 6.20 Å². The Hall–Kier alpha value is -2.48. The number of aryl methyl sites for hydroxylation is 1. The molecule has 0 aromatic carbocycles. The van der Waals surface area contributed by atoms with Crippen LogP contribution in [0.4, 0.5) is 10.6 Å². The van der Waals surface area contributed by atoms with Crippen LogP contribution in [0.25, 0.3) is 0 Å². The van der Waals surface area contributed by atoms with Crippen molar-refractivity contribution >= 4 is 23.7 Å². The maximum atomic E-state index is 13.0. The van der Waals surface area contributed by atoms with Crippen LogP contribution in [0.15, 0.2) is 18.3 Å². The van der Waals surface area contributed by atoms with E-state index in [-0.39, 0.29) is 23.8 Å². The summed E-state index contributed by atoms with van der Waals surface area (Å²) in [6.45, 7) is 5.82. The number of amides is 4. The van der Waals surface area contributed by atoms with Crippen LogP contribution in [0.5, 0.6) is 0 Å². The summed E-state index contributed by atoms with van der Waals surface area (Å²) in [4.78, 5) is 45.8. The fourth-order valence-electron chi connectivity index (χ4n) is 4.77. The van der Waals surface area contributed by atoms with Crippen LogP contribution >= 0.6 is 0 Å². The van der Waals surface area contributed by atoms with Gasteiger partial charge in [-0.05, 0) is 69.1 Å². The molecule has 3 heterocycles. The summed E-state index contributed by atoms with van der Waals surface area (Å²) in [7, 11) is 0. The Morgan fingerprint density at radius 1 is 1.23 bits per heavy atom. The second kappa shape index (κ2) is 8.34. The summed E-state index contributed by atoms with van der Waals surface area (Å²) < 4.78 is 0. The van der Waals surface area contributed by atoms with Crippen LogP contribution in [-0.4, -0.2) is 57.9 Å². The number of nitrogens with zero attached hydrogens (tertiary/aromatic N) is 3. The third kappa shape index (κ3) is 4.19. The minimum absolute atomic E-state index is 0.0157. The van der Waals surface area contributed by atoms with Gasteiger partial charge in [0.25, 0.3) is 5.91 Å². The highest BCUT2D eigenvalue weighted by molar-refractivity contribution is 6.07. The maximum absolute atomic E-state index is 13.0. The van der Waals surface area contributed by atoms with Gasteiger partial charge in [-0.3, -0.25) is 14.5 Å². The Morgan fingerprint density at radius 3 is 2.60 bits per heavy atom. The molecule has 0 bridgehead atoms. The number of hydrogen-bond donors (Lipinski definition) is 2. The van der Waals surface area contributed by atoms with Crippen LogP contribution in [0.2, 0.25) is 0 Å². The summed E-state index contributed by atoms with van der Waals surface area (Å²) in [5.41, 5.74) is 0.358. The van der Waals surface area contributed by atoms with Gasteiger partial charge in [-0.1, -0.05) is 6.92 Å². The Kier molecular flexibility index (Phi) is 5.77. The third-order valence-electron chi connectivity index (χ3n) is 6.84. The lowest BCUT2D eigenvalue weighted by atomic mass is 9.77. The number of carbonyl (C=O) groups is 3. The molecule has 3 fully saturated rings. The zero-order valence-electron chi connectivity index (χ0n) is 17.8. The van der Waals surface area contributed by atoms with Gasteiger partial charge >= 0.3 is 6.03 Å². The van der Waals surface area contributed by atoms with Gasteiger partial charge in [0.1, 0.15) is 11.4 Å². The summed E-state index contributed by atoms with van der Waals surface area (Å²) in [5.74, 6) is 1.00. The van der Waals surface area contributed by atoms with Gasteiger partial charge in [0.05, 0.1) is 6.67 Å². The maximum Gasteiger partial charge on any atom is 0.326 e. The van der Waals surface area contributed by atoms with E-state index in [0.717, 1.165) is 31.2 Å². The van der Waals surface area contributed by atoms with E-state index in [9.17, 15) is 14.4 Å². The number of pyridine rings is 1. The number of imide groups is 1. The van der Waals surface area contributed by atoms with E-state index >= 15 is 0 Å². The minimum atomic E-state index is -0.692. The van der Waals surface area contributed by atoms with Crippen molar-refractivity contribution in [1.29, 1.82) is 0 Å². The van der Waals surface area contributed by atoms with E-state index in [1.165, 1.54) is 4.90 Å². The lowest BCUT2D eigenvalue weighted by Gasteiger charge is -2.35. The quantitative estimate of drug-likeness (QED) is 0.740. The number of piperidine rings is 1. The van der Waals surface area contributed by atoms with Crippen molar-refractivity contribution in [2.45, 2.75) is 57.9 Å². The van der Waals surface area contributed by atoms with Gasteiger partial charge in [-0.2, -0.15) is 0 Å². The molecule has 30 heavy (non-hydrogen) atoms. The molecule has 0 unspecified atom stereocenters. The number of rotatable bonds is 4. The van der Waals surface area contributed by atoms with Gasteiger partial charge in [0.2, 0.25) is 5.91 Å². The second-order valence-electron chi connectivity index (χ2n) is 9.17. The molecule has 3 aliphatic rings. The first-order chi connectivity index (χ1) is 14.4. The smallest absolute Gasteiger partial charge is 0.323 e. The van der Waals surface area contributed by atoms with Crippen molar-refractivity contribution in [1.82, 2.24) is 20.1 Å². The zero-order chi connectivity index (χ0) is 21.3. The molecular weight excluding hydrogens is 382 g/mol. The fraction of sp³-hybridized carbons (Fsp3) is 0.636. The Balaban J connectivity index is 1.29. The molecule has 2 saturated heterocycles. The Labute approximate surface area is 177 Å². The summed E-state index contributed by atoms with van der Waals surface area (Å²) in [5, 5.41) is 5.88. The minimum Gasteiger partial charge on any atom is -0.323 e. The molecule has 2 aliphatic heterocycles. The summed E-state index contributed by atoms with van der Waals surface area (Å²) >= 11 is 0. The average molecular weight is 414 g/mol. The van der Waals surface area contributed by atoms with Gasteiger partial charge in [0, 0.05) is 25.2 Å². The normalized spacial score (nSPS) is 28.1. The Bertz CT molecular complexity index is 826. The standard InChI is InChI=1S/C22H31N5O3/c1-15-3-8-22(9-4-15)20(29)27(21(30)25-22)14-26-11-6-17(7-12-26)19(28)24-18-13-16(2)5-10-23-18/h5,10,13,15,17H,3-4,6-9,11-12,14H2,1-2H3,(H,25,30)(H,23,24,28). The highest BCUT2D eigenvalue weighted by Crippen LogP contribution is 2.36. The summed E-state index contributed by atoms with van der Waals surface area (Å²) in [6.07, 6.45) is 6.47. The number of aromatic nitrogens is 1. The number of nitrogens with one attached hydrogen (secondary N) is 2. The van der Waals surface area contributed by atoms with Gasteiger partial charge in [0.15, 0.2) is 0 Å². The van der Waals surface area contributed by atoms with Crippen molar-refractivity contribution in [3.8, 4) is 0 Å². The third-order valence-corrected chi connectivity index (χ3v) is 6.84. The molecule has 0 radical (unpaired) electrons. The molecule has 4 amide bonds. The second-order valence-corrected chi connectivity index (χ2v) is 9.17. The van der Waals surface area contributed by atoms with Crippen LogP contribution in [0, 0.1) is 18.8 Å². The van der Waals surface area contributed by atoms with Crippen molar-refractivity contribution in [3.05, 3.63) is 23.9 Å². The molecule has 4 rings (SSSR count). The molecule has 8 heteroatoms. The zero-order valence-corrected chi connectivity index (χ0v) is 17.8. The molecule has 2 N–H and O–H groups in total. The van der Waals surface area contributed by atoms with Gasteiger partial charge in [-0.15, -0.1) is 0 Å². The predicted octanol–water partition coefficient (Wildman–Crippen LogP) is 2.50. The number of carbonyl (C=O) groups excluding carboxylic acids is 3. The SMILES string of the molecule is Cc1ccnc(NC(=O)C2CCN(CN3C(=O)NC4(CCC(C)CC4)C3=O)CC2)c1. The van der Waals surface area contributed by atoms with Crippen LogP contribution in [0.1, 0.15) is 51.0 Å². The lowest BCUT2D eigenvalue weighted by Crippen LogP contribution is -2.50. The molecule has 1 aromatic heterocycles. The first-order valence-corrected chi connectivity index (χ1v) is 11.0. The van der Waals surface area contributed by atoms with Crippen LogP contribution in [0.3, 0.4) is 0 Å². The van der Waals surface area contributed by atoms with E-state index in [2.05, 4.69) is 27.4 Å². The molecule has 0 atom stereocenters. The molecule has 162 valence electrons. The van der Waals surface area contributed by atoms with Crippen LogP contribution in [-0.2, 0) is 9.59 Å². The van der Waals surface area contributed by atoms with Crippen molar-refractivity contribution in [2.75, 3.05) is 25.1 Å². The average Bonchev–Trinajstić information content (AvgIpc) is 2.95. The van der Waals surface area contributed by atoms with Crippen molar-refractivity contribution in [3.63, 3.8) is 0 Å².